The number of ether oxygens (including phenoxy) is 2. The van der Waals surface area contributed by atoms with Gasteiger partial charge in [-0.25, -0.2) is 23.5 Å². The highest BCUT2D eigenvalue weighted by Crippen LogP contribution is 2.29. The van der Waals surface area contributed by atoms with Crippen LogP contribution < -0.4 is 10.5 Å². The summed E-state index contributed by atoms with van der Waals surface area (Å²) in [6.45, 7) is 1.03. The third kappa shape index (κ3) is 5.66. The minimum atomic E-state index is -1.07. The first-order valence-corrected chi connectivity index (χ1v) is 13.4. The standard InChI is InChI=1S/C30H26F2N6O5/c1-37-26(29(33)39)12-18(36-37)15-43-28-4-2-3-23(35-28)20-13-21(31)17(9-22(20)32)11-27-34-24-6-5-16(30(40)41)10-25(24)38(27)14-19-7-8-42-19/h2-6,9-10,12-13,19H,7-8,11,14-15H2,1H3,(H2,33,39)(H,40,41)/t19-/m0/s1. The SMILES string of the molecule is Cn1nc(COc2cccc(-c3cc(F)c(Cc4nc5ccc(C(=O)O)cc5n4C[C@@H]4CCO4)cc3F)n2)cc1C(N)=O. The number of aryl methyl sites for hydroxylation is 1. The van der Waals surface area contributed by atoms with Gasteiger partial charge < -0.3 is 24.9 Å². The molecule has 4 heterocycles. The third-order valence-electron chi connectivity index (χ3n) is 7.29. The number of amides is 1. The summed E-state index contributed by atoms with van der Waals surface area (Å²) < 4.78 is 45.3. The number of benzene rings is 2. The van der Waals surface area contributed by atoms with E-state index in [0.717, 1.165) is 18.6 Å². The summed E-state index contributed by atoms with van der Waals surface area (Å²) in [4.78, 5) is 31.9. The maximum atomic E-state index is 15.5. The quantitative estimate of drug-likeness (QED) is 0.250. The predicted molar refractivity (Wildman–Crippen MR) is 150 cm³/mol. The number of nitrogens with two attached hydrogens (primary N) is 1. The van der Waals surface area contributed by atoms with Crippen molar-refractivity contribution in [1.29, 1.82) is 0 Å². The number of rotatable bonds is 10. The number of halogens is 2. The number of carboxylic acid groups (broad SMARTS) is 1. The third-order valence-corrected chi connectivity index (χ3v) is 7.29. The largest absolute Gasteiger partial charge is 0.478 e. The summed E-state index contributed by atoms with van der Waals surface area (Å²) in [5.74, 6) is -2.42. The average Bonchev–Trinajstić information content (AvgIpc) is 3.50. The smallest absolute Gasteiger partial charge is 0.335 e. The fraction of sp³-hybridized carbons (Fsp3) is 0.233. The summed E-state index contributed by atoms with van der Waals surface area (Å²) in [5, 5.41) is 13.6. The Balaban J connectivity index is 1.26. The van der Waals surface area contributed by atoms with Crippen LogP contribution in [0.4, 0.5) is 8.78 Å². The Morgan fingerprint density at radius 1 is 1.12 bits per heavy atom. The minimum Gasteiger partial charge on any atom is -0.478 e. The van der Waals surface area contributed by atoms with Gasteiger partial charge in [0.25, 0.3) is 5.91 Å². The van der Waals surface area contributed by atoms with Gasteiger partial charge in [-0.1, -0.05) is 6.07 Å². The van der Waals surface area contributed by atoms with Crippen LogP contribution in [0.1, 0.15) is 44.3 Å². The lowest BCUT2D eigenvalue weighted by atomic mass is 10.0. The number of aromatic carboxylic acids is 1. The maximum Gasteiger partial charge on any atom is 0.335 e. The molecule has 1 amide bonds. The molecule has 11 nitrogen and oxygen atoms in total. The molecular weight excluding hydrogens is 562 g/mol. The van der Waals surface area contributed by atoms with Gasteiger partial charge >= 0.3 is 5.97 Å². The Morgan fingerprint density at radius 2 is 1.93 bits per heavy atom. The minimum absolute atomic E-state index is 0.0196. The van der Waals surface area contributed by atoms with Crippen LogP contribution in [0.2, 0.25) is 0 Å². The summed E-state index contributed by atoms with van der Waals surface area (Å²) in [6, 6.07) is 13.0. The Hall–Kier alpha value is -5.17. The number of aromatic nitrogens is 5. The zero-order chi connectivity index (χ0) is 30.2. The second-order valence-electron chi connectivity index (χ2n) is 10.2. The van der Waals surface area contributed by atoms with Gasteiger partial charge in [-0.05, 0) is 54.4 Å². The Bertz CT molecular complexity index is 1880. The van der Waals surface area contributed by atoms with Crippen LogP contribution in [0.15, 0.2) is 54.6 Å². The van der Waals surface area contributed by atoms with Gasteiger partial charge in [-0.3, -0.25) is 9.48 Å². The van der Waals surface area contributed by atoms with E-state index in [9.17, 15) is 14.7 Å². The fourth-order valence-electron chi connectivity index (χ4n) is 4.99. The Labute approximate surface area is 243 Å². The average molecular weight is 589 g/mol. The zero-order valence-electron chi connectivity index (χ0n) is 23.0. The van der Waals surface area contributed by atoms with Crippen molar-refractivity contribution in [3.63, 3.8) is 0 Å². The van der Waals surface area contributed by atoms with Crippen molar-refractivity contribution in [2.24, 2.45) is 12.8 Å². The van der Waals surface area contributed by atoms with Crippen LogP contribution in [-0.4, -0.2) is 54.0 Å². The molecule has 0 unspecified atom stereocenters. The van der Waals surface area contributed by atoms with Crippen molar-refractivity contribution in [1.82, 2.24) is 24.3 Å². The van der Waals surface area contributed by atoms with E-state index in [4.69, 9.17) is 15.2 Å². The van der Waals surface area contributed by atoms with E-state index in [1.807, 2.05) is 4.57 Å². The molecule has 3 N–H and O–H groups in total. The number of nitrogens with zero attached hydrogens (tertiary/aromatic N) is 5. The summed E-state index contributed by atoms with van der Waals surface area (Å²) in [6.07, 6.45) is 0.736. The van der Waals surface area contributed by atoms with Gasteiger partial charge in [-0.2, -0.15) is 5.10 Å². The molecule has 0 saturated carbocycles. The van der Waals surface area contributed by atoms with Gasteiger partial charge in [0.05, 0.1) is 34.9 Å². The number of primary amides is 1. The molecule has 0 spiro atoms. The molecule has 1 saturated heterocycles. The van der Waals surface area contributed by atoms with Gasteiger partial charge in [0.15, 0.2) is 0 Å². The lowest BCUT2D eigenvalue weighted by molar-refractivity contribution is -0.0589. The first-order chi connectivity index (χ1) is 20.7. The van der Waals surface area contributed by atoms with E-state index < -0.39 is 23.5 Å². The number of carboxylic acids is 1. The van der Waals surface area contributed by atoms with Crippen molar-refractivity contribution in [2.45, 2.75) is 32.1 Å². The molecule has 3 aromatic heterocycles. The molecule has 220 valence electrons. The van der Waals surface area contributed by atoms with Gasteiger partial charge in [0.1, 0.15) is 35.5 Å². The zero-order valence-corrected chi connectivity index (χ0v) is 23.0. The van der Waals surface area contributed by atoms with Crippen LogP contribution in [0, 0.1) is 11.6 Å². The second-order valence-corrected chi connectivity index (χ2v) is 10.2. The monoisotopic (exact) mass is 588 g/mol. The van der Waals surface area contributed by atoms with Crippen LogP contribution in [0.3, 0.4) is 0 Å². The first kappa shape index (κ1) is 28.0. The fourth-order valence-corrected chi connectivity index (χ4v) is 4.99. The molecular formula is C30H26F2N6O5. The van der Waals surface area contributed by atoms with E-state index >= 15 is 8.78 Å². The molecule has 2 aromatic carbocycles. The highest BCUT2D eigenvalue weighted by molar-refractivity contribution is 5.92. The van der Waals surface area contributed by atoms with Gasteiger partial charge in [-0.15, -0.1) is 0 Å². The van der Waals surface area contributed by atoms with E-state index in [-0.39, 0.29) is 53.1 Å². The molecule has 0 bridgehead atoms. The topological polar surface area (TPSA) is 147 Å². The highest BCUT2D eigenvalue weighted by atomic mass is 19.1. The normalized spacial score (nSPS) is 14.5. The number of hydrogen-bond acceptors (Lipinski definition) is 7. The first-order valence-electron chi connectivity index (χ1n) is 13.4. The van der Waals surface area contributed by atoms with Crippen LogP contribution >= 0.6 is 0 Å². The van der Waals surface area contributed by atoms with E-state index in [0.29, 0.717) is 35.7 Å². The van der Waals surface area contributed by atoms with Crippen molar-refractivity contribution in [3.05, 3.63) is 94.6 Å². The Morgan fingerprint density at radius 3 is 2.63 bits per heavy atom. The van der Waals surface area contributed by atoms with Crippen molar-refractivity contribution in [2.75, 3.05) is 6.61 Å². The second kappa shape index (κ2) is 11.2. The molecule has 6 rings (SSSR count). The molecule has 5 aromatic rings. The van der Waals surface area contributed by atoms with Crippen LogP contribution in [0.25, 0.3) is 22.3 Å². The number of imidazole rings is 1. The maximum absolute atomic E-state index is 15.5. The van der Waals surface area contributed by atoms with Crippen molar-refractivity contribution >= 4 is 22.9 Å². The van der Waals surface area contributed by atoms with E-state index in [1.54, 1.807) is 25.2 Å². The lowest BCUT2D eigenvalue weighted by Gasteiger charge is -2.27. The molecule has 0 radical (unpaired) electrons. The molecule has 1 atom stereocenters. The number of pyridine rings is 1. The van der Waals surface area contributed by atoms with E-state index in [1.165, 1.54) is 28.9 Å². The molecule has 0 aliphatic carbocycles. The van der Waals surface area contributed by atoms with E-state index in [2.05, 4.69) is 15.1 Å². The van der Waals surface area contributed by atoms with Gasteiger partial charge in [0.2, 0.25) is 5.88 Å². The van der Waals surface area contributed by atoms with Gasteiger partial charge in [0, 0.05) is 31.7 Å². The highest BCUT2D eigenvalue weighted by Gasteiger charge is 2.24. The molecule has 13 heteroatoms. The summed E-state index contributed by atoms with van der Waals surface area (Å²) in [5.41, 5.74) is 7.41. The van der Waals surface area contributed by atoms with Crippen molar-refractivity contribution in [3.8, 4) is 17.1 Å². The summed E-state index contributed by atoms with van der Waals surface area (Å²) >= 11 is 0. The lowest BCUT2D eigenvalue weighted by Crippen LogP contribution is -2.31. The Kier molecular flexibility index (Phi) is 7.32. The van der Waals surface area contributed by atoms with Crippen molar-refractivity contribution < 1.29 is 33.0 Å². The van der Waals surface area contributed by atoms with Crippen LogP contribution in [0.5, 0.6) is 5.88 Å². The number of carbonyl (C=O) groups excluding carboxylic acids is 1. The number of hydrogen-bond donors (Lipinski definition) is 2. The number of fused-ring (bicyclic) bond motifs is 1. The number of carbonyl (C=O) groups is 2. The molecule has 1 aliphatic heterocycles. The molecule has 43 heavy (non-hydrogen) atoms. The summed E-state index contributed by atoms with van der Waals surface area (Å²) in [7, 11) is 1.58. The van der Waals surface area contributed by atoms with Crippen LogP contribution in [-0.2, 0) is 31.4 Å². The predicted octanol–water partition coefficient (Wildman–Crippen LogP) is 3.87. The molecule has 1 aliphatic rings. The molecule has 1 fully saturated rings.